The molecule has 0 aliphatic carbocycles. The van der Waals surface area contributed by atoms with Crippen molar-refractivity contribution in [2.45, 2.75) is 0 Å². The van der Waals surface area contributed by atoms with Crippen LogP contribution in [0, 0.1) is 11.3 Å². The molecular formula is C14H13N3. The number of nitrogens with two attached hydrogens (primary N) is 1. The summed E-state index contributed by atoms with van der Waals surface area (Å²) in [6.07, 6.45) is 0. The van der Waals surface area contributed by atoms with Crippen molar-refractivity contribution in [3.63, 3.8) is 0 Å². The number of nitriles is 1. The number of hydrogen-bond donors (Lipinski definition) is 2. The van der Waals surface area contributed by atoms with Crippen molar-refractivity contribution in [3.05, 3.63) is 48.0 Å². The van der Waals surface area contributed by atoms with Crippen LogP contribution in [-0.4, -0.2) is 7.05 Å². The van der Waals surface area contributed by atoms with Gasteiger partial charge in [-0.25, -0.2) is 0 Å². The Morgan fingerprint density at radius 3 is 2.53 bits per heavy atom. The van der Waals surface area contributed by atoms with Gasteiger partial charge >= 0.3 is 0 Å². The van der Waals surface area contributed by atoms with E-state index >= 15 is 0 Å². The molecule has 0 fully saturated rings. The van der Waals surface area contributed by atoms with Crippen LogP contribution in [0.25, 0.3) is 11.1 Å². The average Bonchev–Trinajstić information content (AvgIpc) is 2.38. The summed E-state index contributed by atoms with van der Waals surface area (Å²) in [6, 6.07) is 15.4. The second kappa shape index (κ2) is 4.58. The fourth-order valence-electron chi connectivity index (χ4n) is 1.81. The van der Waals surface area contributed by atoms with Crippen molar-refractivity contribution in [2.24, 2.45) is 0 Å². The molecule has 0 aromatic heterocycles. The second-order valence-corrected chi connectivity index (χ2v) is 3.71. The number of hydrogen-bond acceptors (Lipinski definition) is 3. The largest absolute Gasteiger partial charge is 0.398 e. The van der Waals surface area contributed by atoms with E-state index in [1.54, 1.807) is 12.1 Å². The molecule has 3 N–H and O–H groups in total. The van der Waals surface area contributed by atoms with E-state index in [4.69, 9.17) is 11.0 Å². The van der Waals surface area contributed by atoms with Crippen molar-refractivity contribution in [1.82, 2.24) is 0 Å². The quantitative estimate of drug-likeness (QED) is 0.769. The van der Waals surface area contributed by atoms with E-state index in [9.17, 15) is 0 Å². The minimum absolute atomic E-state index is 0.577. The number of nitrogens with zero attached hydrogens (tertiary/aromatic N) is 1. The molecule has 0 aliphatic heterocycles. The van der Waals surface area contributed by atoms with Gasteiger partial charge in [0.15, 0.2) is 0 Å². The summed E-state index contributed by atoms with van der Waals surface area (Å²) in [5.74, 6) is 0. The summed E-state index contributed by atoms with van der Waals surface area (Å²) >= 11 is 0. The molecule has 2 aromatic carbocycles. The van der Waals surface area contributed by atoms with Crippen molar-refractivity contribution < 1.29 is 0 Å². The number of anilines is 2. The highest BCUT2D eigenvalue weighted by Crippen LogP contribution is 2.32. The minimum Gasteiger partial charge on any atom is -0.398 e. The van der Waals surface area contributed by atoms with Gasteiger partial charge in [-0.15, -0.1) is 0 Å². The zero-order chi connectivity index (χ0) is 12.3. The van der Waals surface area contributed by atoms with Crippen molar-refractivity contribution in [2.75, 3.05) is 18.1 Å². The fraction of sp³-hybridized carbons (Fsp3) is 0.0714. The Hall–Kier alpha value is -2.47. The van der Waals surface area contributed by atoms with Crippen LogP contribution < -0.4 is 11.1 Å². The molecule has 84 valence electrons. The molecule has 0 atom stereocenters. The molecule has 2 aromatic rings. The van der Waals surface area contributed by atoms with E-state index in [1.807, 2.05) is 37.4 Å². The molecule has 2 rings (SSSR count). The molecule has 0 aliphatic rings. The highest BCUT2D eigenvalue weighted by atomic mass is 14.8. The smallest absolute Gasteiger partial charge is 0.0992 e. The summed E-state index contributed by atoms with van der Waals surface area (Å²) in [6.45, 7) is 0. The standard InChI is InChI=1S/C14H13N3/c1-17-14-5-3-2-4-12(14)11-7-6-10(9-15)8-13(11)16/h2-8,17H,16H2,1H3. The van der Waals surface area contributed by atoms with Gasteiger partial charge < -0.3 is 11.1 Å². The third-order valence-electron chi connectivity index (χ3n) is 2.67. The predicted octanol–water partition coefficient (Wildman–Crippen LogP) is 2.85. The Balaban J connectivity index is 2.57. The molecule has 0 bridgehead atoms. The first-order valence-corrected chi connectivity index (χ1v) is 5.33. The van der Waals surface area contributed by atoms with Gasteiger partial charge in [0.05, 0.1) is 11.6 Å². The molecule has 17 heavy (non-hydrogen) atoms. The summed E-state index contributed by atoms with van der Waals surface area (Å²) in [5.41, 5.74) is 10.2. The summed E-state index contributed by atoms with van der Waals surface area (Å²) in [5, 5.41) is 11.9. The van der Waals surface area contributed by atoms with Crippen LogP contribution in [0.3, 0.4) is 0 Å². The molecule has 0 spiro atoms. The van der Waals surface area contributed by atoms with Crippen molar-refractivity contribution in [3.8, 4) is 17.2 Å². The fourth-order valence-corrected chi connectivity index (χ4v) is 1.81. The molecule has 3 heteroatoms. The van der Waals surface area contributed by atoms with Crippen LogP contribution in [0.5, 0.6) is 0 Å². The molecular weight excluding hydrogens is 210 g/mol. The van der Waals surface area contributed by atoms with Gasteiger partial charge in [0.25, 0.3) is 0 Å². The Labute approximate surface area is 101 Å². The summed E-state index contributed by atoms with van der Waals surface area (Å²) in [7, 11) is 1.87. The second-order valence-electron chi connectivity index (χ2n) is 3.71. The third-order valence-corrected chi connectivity index (χ3v) is 2.67. The van der Waals surface area contributed by atoms with Crippen LogP contribution in [-0.2, 0) is 0 Å². The number of nitrogen functional groups attached to an aromatic ring is 1. The molecule has 3 nitrogen and oxygen atoms in total. The molecule has 0 radical (unpaired) electrons. The Morgan fingerprint density at radius 2 is 1.88 bits per heavy atom. The first-order chi connectivity index (χ1) is 8.26. The monoisotopic (exact) mass is 223 g/mol. The predicted molar refractivity (Wildman–Crippen MR) is 70.6 cm³/mol. The highest BCUT2D eigenvalue weighted by Gasteiger charge is 2.07. The lowest BCUT2D eigenvalue weighted by Crippen LogP contribution is -1.95. The first-order valence-electron chi connectivity index (χ1n) is 5.33. The topological polar surface area (TPSA) is 61.8 Å². The maximum Gasteiger partial charge on any atom is 0.0992 e. The normalized spacial score (nSPS) is 9.65. The lowest BCUT2D eigenvalue weighted by molar-refractivity contribution is 1.47. The lowest BCUT2D eigenvalue weighted by Gasteiger charge is -2.11. The lowest BCUT2D eigenvalue weighted by atomic mass is 10.0. The van der Waals surface area contributed by atoms with Gasteiger partial charge in [0, 0.05) is 29.5 Å². The Kier molecular flexibility index (Phi) is 2.97. The van der Waals surface area contributed by atoms with Crippen molar-refractivity contribution >= 4 is 11.4 Å². The van der Waals surface area contributed by atoms with E-state index in [2.05, 4.69) is 11.4 Å². The summed E-state index contributed by atoms with van der Waals surface area (Å²) < 4.78 is 0. The van der Waals surface area contributed by atoms with Crippen LogP contribution in [0.4, 0.5) is 11.4 Å². The van der Waals surface area contributed by atoms with E-state index in [1.165, 1.54) is 0 Å². The molecule has 0 amide bonds. The van der Waals surface area contributed by atoms with Crippen LogP contribution in [0.15, 0.2) is 42.5 Å². The minimum atomic E-state index is 0.577. The average molecular weight is 223 g/mol. The van der Waals surface area contributed by atoms with Gasteiger partial charge in [0.1, 0.15) is 0 Å². The first kappa shape index (κ1) is 11.0. The molecule has 0 unspecified atom stereocenters. The van der Waals surface area contributed by atoms with Gasteiger partial charge in [-0.2, -0.15) is 5.26 Å². The highest BCUT2D eigenvalue weighted by molar-refractivity contribution is 5.85. The molecule has 0 heterocycles. The number of benzene rings is 2. The van der Waals surface area contributed by atoms with Gasteiger partial charge in [-0.3, -0.25) is 0 Å². The van der Waals surface area contributed by atoms with E-state index in [-0.39, 0.29) is 0 Å². The summed E-state index contributed by atoms with van der Waals surface area (Å²) in [4.78, 5) is 0. The van der Waals surface area contributed by atoms with Gasteiger partial charge in [-0.05, 0) is 18.2 Å². The van der Waals surface area contributed by atoms with E-state index in [0.29, 0.717) is 11.3 Å². The van der Waals surface area contributed by atoms with E-state index < -0.39 is 0 Å². The number of rotatable bonds is 2. The van der Waals surface area contributed by atoms with Crippen LogP contribution in [0.1, 0.15) is 5.56 Å². The van der Waals surface area contributed by atoms with E-state index in [0.717, 1.165) is 16.8 Å². The molecule has 0 saturated heterocycles. The van der Waals surface area contributed by atoms with Crippen LogP contribution in [0.2, 0.25) is 0 Å². The SMILES string of the molecule is CNc1ccccc1-c1ccc(C#N)cc1N. The maximum absolute atomic E-state index is 8.81. The maximum atomic E-state index is 8.81. The number of para-hydroxylation sites is 1. The van der Waals surface area contributed by atoms with Crippen molar-refractivity contribution in [1.29, 1.82) is 5.26 Å². The number of nitrogens with one attached hydrogen (secondary N) is 1. The Morgan fingerprint density at radius 1 is 1.12 bits per heavy atom. The Bertz CT molecular complexity index is 582. The van der Waals surface area contributed by atoms with Crippen LogP contribution >= 0.6 is 0 Å². The third kappa shape index (κ3) is 2.06. The van der Waals surface area contributed by atoms with Gasteiger partial charge in [-0.1, -0.05) is 24.3 Å². The molecule has 0 saturated carbocycles. The zero-order valence-electron chi connectivity index (χ0n) is 9.57. The van der Waals surface area contributed by atoms with Gasteiger partial charge in [0.2, 0.25) is 0 Å². The zero-order valence-corrected chi connectivity index (χ0v) is 9.57.